The largest absolute Gasteiger partial charge is 0.224 e. The fourth-order valence-electron chi connectivity index (χ4n) is 0.788. The fraction of sp³-hybridized carbons (Fsp3) is 0.286. The maximum Gasteiger partial charge on any atom is 0.177 e. The summed E-state index contributed by atoms with van der Waals surface area (Å²) in [6, 6.07) is 0. The van der Waals surface area contributed by atoms with Gasteiger partial charge in [-0.05, 0) is 0 Å². The molecule has 0 N–H and O–H groups in total. The van der Waals surface area contributed by atoms with Crippen molar-refractivity contribution in [1.82, 2.24) is 0 Å². The van der Waals surface area contributed by atoms with E-state index in [2.05, 4.69) is 6.08 Å². The highest BCUT2D eigenvalue weighted by Crippen LogP contribution is 2.14. The zero-order valence-electron chi connectivity index (χ0n) is 5.99. The van der Waals surface area contributed by atoms with Gasteiger partial charge in [0.1, 0.15) is 0 Å². The van der Waals surface area contributed by atoms with Gasteiger partial charge in [0, 0.05) is 23.6 Å². The first-order chi connectivity index (χ1) is 5.02. The summed E-state index contributed by atoms with van der Waals surface area (Å²) in [7, 11) is -3.16. The molecule has 0 aromatic heterocycles. The van der Waals surface area contributed by atoms with E-state index in [9.17, 15) is 8.42 Å². The minimum absolute atomic E-state index is 0.162. The third kappa shape index (κ3) is 1.97. The molecule has 0 unspecified atom stereocenters. The van der Waals surface area contributed by atoms with E-state index in [4.69, 9.17) is 12.2 Å². The lowest BCUT2D eigenvalue weighted by Crippen LogP contribution is -2.11. The smallest absolute Gasteiger partial charge is 0.177 e. The number of allylic oxidation sites excluding steroid dienone is 4. The summed E-state index contributed by atoms with van der Waals surface area (Å²) in [5.41, 5.74) is 0. The highest BCUT2D eigenvalue weighted by atomic mass is 32.2. The first kappa shape index (κ1) is 8.62. The van der Waals surface area contributed by atoms with E-state index in [0.29, 0.717) is 11.3 Å². The van der Waals surface area contributed by atoms with Crippen molar-refractivity contribution >= 4 is 26.9 Å². The molecule has 0 saturated carbocycles. The van der Waals surface area contributed by atoms with Gasteiger partial charge in [0.15, 0.2) is 9.84 Å². The Labute approximate surface area is 71.5 Å². The first-order valence-corrected chi connectivity index (χ1v) is 5.33. The van der Waals surface area contributed by atoms with Crippen LogP contribution in [0, 0.1) is 6.08 Å². The van der Waals surface area contributed by atoms with Gasteiger partial charge in [-0.1, -0.05) is 24.4 Å². The third-order valence-electron chi connectivity index (χ3n) is 1.26. The van der Waals surface area contributed by atoms with Crippen molar-refractivity contribution in [2.24, 2.45) is 0 Å². The molecule has 59 valence electrons. The van der Waals surface area contributed by atoms with E-state index in [1.807, 2.05) is 0 Å². The highest BCUT2D eigenvalue weighted by molar-refractivity contribution is 7.97. The summed E-state index contributed by atoms with van der Waals surface area (Å²) in [6.07, 6.45) is 7.67. The SMILES string of the molecule is CS(=O)(=O)C1=[C]C=CCC1=S. The number of rotatable bonds is 1. The van der Waals surface area contributed by atoms with Crippen LogP contribution in [-0.2, 0) is 9.84 Å². The summed E-state index contributed by atoms with van der Waals surface area (Å²) >= 11 is 4.85. The minimum atomic E-state index is -3.16. The van der Waals surface area contributed by atoms with Crippen molar-refractivity contribution in [3.8, 4) is 0 Å². The average Bonchev–Trinajstić information content (AvgIpc) is 1.86. The van der Waals surface area contributed by atoms with E-state index in [1.54, 1.807) is 12.2 Å². The molecule has 0 aromatic carbocycles. The Morgan fingerprint density at radius 3 is 2.64 bits per heavy atom. The molecule has 2 nitrogen and oxygen atoms in total. The maximum atomic E-state index is 11.0. The quantitative estimate of drug-likeness (QED) is 0.575. The average molecular weight is 187 g/mol. The molecular weight excluding hydrogens is 180 g/mol. The topological polar surface area (TPSA) is 34.1 Å². The summed E-state index contributed by atoms with van der Waals surface area (Å²) < 4.78 is 22.0. The molecule has 1 aliphatic rings. The molecule has 1 radical (unpaired) electrons. The minimum Gasteiger partial charge on any atom is -0.224 e. The van der Waals surface area contributed by atoms with Crippen LogP contribution in [0.25, 0.3) is 0 Å². The Balaban J connectivity index is 3.14. The van der Waals surface area contributed by atoms with Gasteiger partial charge in [0.05, 0.1) is 4.91 Å². The van der Waals surface area contributed by atoms with E-state index in [1.165, 1.54) is 0 Å². The van der Waals surface area contributed by atoms with Crippen molar-refractivity contribution in [2.45, 2.75) is 6.42 Å². The normalized spacial score (nSPS) is 18.3. The lowest BCUT2D eigenvalue weighted by atomic mass is 10.2. The monoisotopic (exact) mass is 187 g/mol. The van der Waals surface area contributed by atoms with Crippen molar-refractivity contribution in [3.05, 3.63) is 23.1 Å². The van der Waals surface area contributed by atoms with Crippen LogP contribution in [0.1, 0.15) is 6.42 Å². The van der Waals surface area contributed by atoms with Crippen LogP contribution in [0.15, 0.2) is 17.1 Å². The van der Waals surface area contributed by atoms with E-state index in [0.717, 1.165) is 6.26 Å². The van der Waals surface area contributed by atoms with Gasteiger partial charge in [0.2, 0.25) is 0 Å². The number of sulfone groups is 1. The summed E-state index contributed by atoms with van der Waals surface area (Å²) in [6.45, 7) is 0. The van der Waals surface area contributed by atoms with E-state index < -0.39 is 9.84 Å². The van der Waals surface area contributed by atoms with Gasteiger partial charge in [-0.2, -0.15) is 0 Å². The molecular formula is C7H7O2S2. The molecule has 0 aromatic rings. The van der Waals surface area contributed by atoms with Crippen LogP contribution in [0.4, 0.5) is 0 Å². The molecule has 0 amide bonds. The van der Waals surface area contributed by atoms with E-state index >= 15 is 0 Å². The Hall–Kier alpha value is -0.480. The lowest BCUT2D eigenvalue weighted by Gasteiger charge is -2.06. The third-order valence-corrected chi connectivity index (χ3v) is 2.87. The molecule has 11 heavy (non-hydrogen) atoms. The fourth-order valence-corrected chi connectivity index (χ4v) is 2.18. The van der Waals surface area contributed by atoms with Crippen molar-refractivity contribution in [3.63, 3.8) is 0 Å². The van der Waals surface area contributed by atoms with Gasteiger partial charge in [-0.15, -0.1) is 0 Å². The van der Waals surface area contributed by atoms with Gasteiger partial charge in [-0.25, -0.2) is 8.42 Å². The molecule has 0 aliphatic heterocycles. The molecule has 1 aliphatic carbocycles. The zero-order chi connectivity index (χ0) is 8.48. The molecule has 4 heteroatoms. The number of hydrogen-bond acceptors (Lipinski definition) is 3. The molecule has 0 fully saturated rings. The first-order valence-electron chi connectivity index (χ1n) is 3.03. The van der Waals surface area contributed by atoms with Crippen molar-refractivity contribution < 1.29 is 8.42 Å². The van der Waals surface area contributed by atoms with Crippen LogP contribution in [0.2, 0.25) is 0 Å². The van der Waals surface area contributed by atoms with Crippen LogP contribution < -0.4 is 0 Å². The molecule has 0 spiro atoms. The molecule has 0 bridgehead atoms. The second kappa shape index (κ2) is 2.87. The predicted octanol–water partition coefficient (Wildman–Crippen LogP) is 1.05. The Bertz CT molecular complexity index is 333. The number of thiocarbonyl (C=S) groups is 1. The maximum absolute atomic E-state index is 11.0. The van der Waals surface area contributed by atoms with Gasteiger partial charge in [0.25, 0.3) is 0 Å². The van der Waals surface area contributed by atoms with Gasteiger partial charge >= 0.3 is 0 Å². The number of hydrogen-bond donors (Lipinski definition) is 0. The summed E-state index contributed by atoms with van der Waals surface area (Å²) in [5.74, 6) is 0. The standard InChI is InChI=1S/C7H7O2S2/c1-11(8,9)7-5-3-2-4-6(7)10/h2-3H,4H2,1H3. The highest BCUT2D eigenvalue weighted by Gasteiger charge is 2.16. The van der Waals surface area contributed by atoms with Crippen LogP contribution in [0.5, 0.6) is 0 Å². The van der Waals surface area contributed by atoms with Gasteiger partial charge < -0.3 is 0 Å². The second-order valence-corrected chi connectivity index (χ2v) is 4.72. The Morgan fingerprint density at radius 2 is 2.27 bits per heavy atom. The van der Waals surface area contributed by atoms with Crippen molar-refractivity contribution in [2.75, 3.05) is 6.26 Å². The molecule has 1 rings (SSSR count). The van der Waals surface area contributed by atoms with Crippen LogP contribution >= 0.6 is 12.2 Å². The molecule has 0 heterocycles. The Morgan fingerprint density at radius 1 is 1.64 bits per heavy atom. The van der Waals surface area contributed by atoms with Crippen LogP contribution in [-0.4, -0.2) is 19.5 Å². The Kier molecular flexibility index (Phi) is 2.25. The van der Waals surface area contributed by atoms with E-state index in [-0.39, 0.29) is 4.91 Å². The summed E-state index contributed by atoms with van der Waals surface area (Å²) in [5, 5.41) is 0. The predicted molar refractivity (Wildman–Crippen MR) is 48.0 cm³/mol. The van der Waals surface area contributed by atoms with Crippen LogP contribution in [0.3, 0.4) is 0 Å². The summed E-state index contributed by atoms with van der Waals surface area (Å²) in [4.78, 5) is 0.616. The zero-order valence-corrected chi connectivity index (χ0v) is 7.63. The lowest BCUT2D eigenvalue weighted by molar-refractivity contribution is 0.609. The molecule has 0 atom stereocenters. The van der Waals surface area contributed by atoms with Gasteiger partial charge in [-0.3, -0.25) is 0 Å². The van der Waals surface area contributed by atoms with Crippen molar-refractivity contribution in [1.29, 1.82) is 0 Å². The molecule has 0 saturated heterocycles. The second-order valence-electron chi connectivity index (χ2n) is 2.28.